The second-order valence-electron chi connectivity index (χ2n) is 5.88. The smallest absolute Gasteiger partial charge is 0.359 e. The molecule has 7 heteroatoms. The van der Waals surface area contributed by atoms with Crippen LogP contribution in [0.15, 0.2) is 54.6 Å². The van der Waals surface area contributed by atoms with Gasteiger partial charge in [0, 0.05) is 10.8 Å². The summed E-state index contributed by atoms with van der Waals surface area (Å²) in [5.74, 6) is -0.685. The number of rotatable bonds is 6. The molecule has 1 aromatic heterocycles. The summed E-state index contributed by atoms with van der Waals surface area (Å²) in [4.78, 5) is 24.0. The molecule has 0 saturated carbocycles. The lowest BCUT2D eigenvalue weighted by atomic mass is 10.1. The zero-order valence-corrected chi connectivity index (χ0v) is 15.0. The van der Waals surface area contributed by atoms with Crippen LogP contribution in [0.3, 0.4) is 0 Å². The number of carbonyl (C=O) groups is 2. The van der Waals surface area contributed by atoms with Crippen LogP contribution in [0.1, 0.15) is 29.0 Å². The first-order valence-electron chi connectivity index (χ1n) is 8.41. The highest BCUT2D eigenvalue weighted by molar-refractivity contribution is 6.03. The lowest BCUT2D eigenvalue weighted by Crippen LogP contribution is -2.31. The third-order valence-corrected chi connectivity index (χ3v) is 4.05. The Labute approximate surface area is 156 Å². The molecular weight excluding hydrogens is 346 g/mol. The number of benzene rings is 2. The molecular formula is C20H19N3O4. The van der Waals surface area contributed by atoms with Crippen molar-refractivity contribution < 1.29 is 19.1 Å². The first kappa shape index (κ1) is 18.3. The number of nitrogens with zero attached hydrogens (tertiary/aromatic N) is 2. The summed E-state index contributed by atoms with van der Waals surface area (Å²) in [7, 11) is 1.28. The lowest BCUT2D eigenvalue weighted by molar-refractivity contribution is -0.123. The van der Waals surface area contributed by atoms with Crippen molar-refractivity contribution in [3.8, 4) is 5.88 Å². The topological polar surface area (TPSA) is 90.4 Å². The van der Waals surface area contributed by atoms with E-state index in [1.54, 1.807) is 24.3 Å². The largest absolute Gasteiger partial charge is 0.466 e. The molecule has 3 aromatic rings. The molecule has 1 unspecified atom stereocenters. The summed E-state index contributed by atoms with van der Waals surface area (Å²) in [6.07, 6.45) is 0. The second kappa shape index (κ2) is 8.27. The van der Waals surface area contributed by atoms with Gasteiger partial charge >= 0.3 is 5.97 Å². The normalized spacial score (nSPS) is 11.6. The van der Waals surface area contributed by atoms with Gasteiger partial charge in [0.15, 0.2) is 12.3 Å². The van der Waals surface area contributed by atoms with Gasteiger partial charge in [-0.3, -0.25) is 4.79 Å². The van der Waals surface area contributed by atoms with E-state index in [9.17, 15) is 9.59 Å². The molecule has 0 aliphatic heterocycles. The van der Waals surface area contributed by atoms with Crippen molar-refractivity contribution in [3.63, 3.8) is 0 Å². The van der Waals surface area contributed by atoms with Crippen LogP contribution < -0.4 is 10.1 Å². The van der Waals surface area contributed by atoms with Gasteiger partial charge in [0.1, 0.15) is 0 Å². The molecule has 7 nitrogen and oxygen atoms in total. The summed E-state index contributed by atoms with van der Waals surface area (Å²) in [5, 5.41) is 11.8. The summed E-state index contributed by atoms with van der Waals surface area (Å²) < 4.78 is 10.3. The highest BCUT2D eigenvalue weighted by Crippen LogP contribution is 2.25. The molecule has 0 fully saturated rings. The molecule has 1 N–H and O–H groups in total. The number of fused-ring (bicyclic) bond motifs is 1. The number of carbonyl (C=O) groups excluding carboxylic acids is 2. The van der Waals surface area contributed by atoms with E-state index in [1.807, 2.05) is 37.3 Å². The minimum absolute atomic E-state index is 0.0996. The number of hydrogen-bond donors (Lipinski definition) is 1. The average molecular weight is 365 g/mol. The second-order valence-corrected chi connectivity index (χ2v) is 5.88. The van der Waals surface area contributed by atoms with Crippen molar-refractivity contribution >= 4 is 22.6 Å². The fourth-order valence-electron chi connectivity index (χ4n) is 2.68. The number of amides is 1. The van der Waals surface area contributed by atoms with Gasteiger partial charge in [0.2, 0.25) is 5.88 Å². The molecule has 0 aliphatic rings. The quantitative estimate of drug-likeness (QED) is 0.676. The maximum absolute atomic E-state index is 12.2. The lowest BCUT2D eigenvalue weighted by Gasteiger charge is -2.15. The van der Waals surface area contributed by atoms with Crippen LogP contribution in [0.2, 0.25) is 0 Å². The van der Waals surface area contributed by atoms with Crippen molar-refractivity contribution in [2.45, 2.75) is 13.0 Å². The van der Waals surface area contributed by atoms with Crippen molar-refractivity contribution in [1.82, 2.24) is 15.5 Å². The van der Waals surface area contributed by atoms with Crippen LogP contribution in [0.25, 0.3) is 10.8 Å². The van der Waals surface area contributed by atoms with E-state index in [0.717, 1.165) is 5.56 Å². The van der Waals surface area contributed by atoms with E-state index >= 15 is 0 Å². The van der Waals surface area contributed by atoms with Crippen molar-refractivity contribution in [3.05, 3.63) is 65.9 Å². The van der Waals surface area contributed by atoms with Gasteiger partial charge < -0.3 is 14.8 Å². The molecule has 1 amide bonds. The predicted octanol–water partition coefficient (Wildman–Crippen LogP) is 2.67. The number of aromatic nitrogens is 2. The summed E-state index contributed by atoms with van der Waals surface area (Å²) in [6.45, 7) is 1.68. The van der Waals surface area contributed by atoms with Crippen LogP contribution in [-0.2, 0) is 9.53 Å². The standard InChI is InChI=1S/C20H19N3O4/c1-13(14-8-4-3-5-9-14)21-17(24)12-27-19-16-11-7-6-10-15(16)18(22-23-19)20(25)26-2/h3-11,13H,12H2,1-2H3,(H,21,24). The summed E-state index contributed by atoms with van der Waals surface area (Å²) >= 11 is 0. The Hall–Kier alpha value is -3.48. The van der Waals surface area contributed by atoms with Crippen molar-refractivity contribution in [1.29, 1.82) is 0 Å². The van der Waals surface area contributed by atoms with E-state index in [1.165, 1.54) is 7.11 Å². The third-order valence-electron chi connectivity index (χ3n) is 4.05. The van der Waals surface area contributed by atoms with Crippen LogP contribution in [0, 0.1) is 0 Å². The molecule has 27 heavy (non-hydrogen) atoms. The van der Waals surface area contributed by atoms with Crippen molar-refractivity contribution in [2.24, 2.45) is 0 Å². The molecule has 2 aromatic carbocycles. The molecule has 138 valence electrons. The Morgan fingerprint density at radius 3 is 2.37 bits per heavy atom. The number of esters is 1. The van der Waals surface area contributed by atoms with Crippen LogP contribution in [0.5, 0.6) is 5.88 Å². The van der Waals surface area contributed by atoms with E-state index in [4.69, 9.17) is 9.47 Å². The molecule has 3 rings (SSSR count). The molecule has 0 radical (unpaired) electrons. The van der Waals surface area contributed by atoms with Gasteiger partial charge in [-0.2, -0.15) is 0 Å². The molecule has 0 bridgehead atoms. The Morgan fingerprint density at radius 2 is 1.67 bits per heavy atom. The predicted molar refractivity (Wildman–Crippen MR) is 99.4 cm³/mol. The first-order valence-corrected chi connectivity index (χ1v) is 8.41. The SMILES string of the molecule is COC(=O)c1nnc(OCC(=O)NC(C)c2ccccc2)c2ccccc12. The minimum atomic E-state index is -0.584. The number of nitrogens with one attached hydrogen (secondary N) is 1. The van der Waals surface area contributed by atoms with Gasteiger partial charge in [-0.1, -0.05) is 48.5 Å². The highest BCUT2D eigenvalue weighted by atomic mass is 16.5. The fraction of sp³-hybridized carbons (Fsp3) is 0.200. The Kier molecular flexibility index (Phi) is 5.61. The van der Waals surface area contributed by atoms with Gasteiger partial charge in [0.25, 0.3) is 5.91 Å². The van der Waals surface area contributed by atoms with Gasteiger partial charge in [-0.25, -0.2) is 4.79 Å². The van der Waals surface area contributed by atoms with Gasteiger partial charge in [-0.15, -0.1) is 10.2 Å². The number of methoxy groups -OCH3 is 1. The van der Waals surface area contributed by atoms with Gasteiger partial charge in [0.05, 0.1) is 13.2 Å². The molecule has 0 aliphatic carbocycles. The van der Waals surface area contributed by atoms with E-state index in [-0.39, 0.29) is 30.1 Å². The molecule has 1 heterocycles. The summed E-state index contributed by atoms with van der Waals surface area (Å²) in [6, 6.07) is 16.5. The Bertz CT molecular complexity index is 960. The van der Waals surface area contributed by atoms with Gasteiger partial charge in [-0.05, 0) is 18.6 Å². The molecule has 0 spiro atoms. The van der Waals surface area contributed by atoms with E-state index in [2.05, 4.69) is 15.5 Å². The summed E-state index contributed by atoms with van der Waals surface area (Å²) in [5.41, 5.74) is 1.10. The van der Waals surface area contributed by atoms with Crippen LogP contribution in [-0.4, -0.2) is 35.8 Å². The van der Waals surface area contributed by atoms with Crippen molar-refractivity contribution in [2.75, 3.05) is 13.7 Å². The minimum Gasteiger partial charge on any atom is -0.466 e. The zero-order valence-electron chi connectivity index (χ0n) is 15.0. The maximum Gasteiger partial charge on any atom is 0.359 e. The number of ether oxygens (including phenoxy) is 2. The Morgan fingerprint density at radius 1 is 1.00 bits per heavy atom. The zero-order chi connectivity index (χ0) is 19.2. The van der Waals surface area contributed by atoms with E-state index < -0.39 is 5.97 Å². The maximum atomic E-state index is 12.2. The third kappa shape index (κ3) is 4.20. The molecule has 0 saturated heterocycles. The van der Waals surface area contributed by atoms with E-state index in [0.29, 0.717) is 10.8 Å². The first-order chi connectivity index (χ1) is 13.1. The molecule has 1 atom stereocenters. The van der Waals surface area contributed by atoms with Crippen LogP contribution >= 0.6 is 0 Å². The monoisotopic (exact) mass is 365 g/mol. The Balaban J connectivity index is 1.72. The average Bonchev–Trinajstić information content (AvgIpc) is 2.72. The fourth-order valence-corrected chi connectivity index (χ4v) is 2.68. The van der Waals surface area contributed by atoms with Crippen LogP contribution in [0.4, 0.5) is 0 Å². The highest BCUT2D eigenvalue weighted by Gasteiger charge is 2.17. The number of hydrogen-bond acceptors (Lipinski definition) is 6.